The predicted octanol–water partition coefficient (Wildman–Crippen LogP) is 3.00. The van der Waals surface area contributed by atoms with Gasteiger partial charge in [-0.25, -0.2) is 4.79 Å². The van der Waals surface area contributed by atoms with Crippen LogP contribution >= 0.6 is 0 Å². The van der Waals surface area contributed by atoms with E-state index in [1.807, 2.05) is 32.9 Å². The maximum absolute atomic E-state index is 11.6. The van der Waals surface area contributed by atoms with Gasteiger partial charge in [-0.1, -0.05) is 11.6 Å². The maximum Gasteiger partial charge on any atom is 0.336 e. The third-order valence-electron chi connectivity index (χ3n) is 3.23. The van der Waals surface area contributed by atoms with Crippen LogP contribution in [-0.4, -0.2) is 23.2 Å². The molecule has 0 saturated carbocycles. The third-order valence-corrected chi connectivity index (χ3v) is 3.23. The Bertz CT molecular complexity index is 662. The van der Waals surface area contributed by atoms with E-state index in [4.69, 9.17) is 4.74 Å². The summed E-state index contributed by atoms with van der Waals surface area (Å²) in [6, 6.07) is 3.88. The highest BCUT2D eigenvalue weighted by molar-refractivity contribution is 6.05. The molecule has 1 aromatic carbocycles. The Balaban J connectivity index is 2.94. The van der Waals surface area contributed by atoms with Crippen LogP contribution in [0, 0.1) is 20.8 Å². The predicted molar refractivity (Wildman–Crippen MR) is 73.6 cm³/mol. The van der Waals surface area contributed by atoms with E-state index in [1.54, 1.807) is 7.11 Å². The summed E-state index contributed by atoms with van der Waals surface area (Å²) in [5.74, 6) is -0.937. The SMILES string of the molecule is COCc1c(C)nc2c(C)cc(C)cc2c1C(=O)O. The first-order chi connectivity index (χ1) is 8.95. The topological polar surface area (TPSA) is 59.4 Å². The zero-order valence-electron chi connectivity index (χ0n) is 11.6. The number of aromatic carboxylic acids is 1. The Labute approximate surface area is 112 Å². The van der Waals surface area contributed by atoms with Gasteiger partial charge in [0.25, 0.3) is 0 Å². The highest BCUT2D eigenvalue weighted by Gasteiger charge is 2.19. The van der Waals surface area contributed by atoms with Crippen molar-refractivity contribution in [1.29, 1.82) is 0 Å². The van der Waals surface area contributed by atoms with Crippen LogP contribution in [0.2, 0.25) is 0 Å². The van der Waals surface area contributed by atoms with Gasteiger partial charge in [0, 0.05) is 23.8 Å². The fraction of sp³-hybridized carbons (Fsp3) is 0.333. The summed E-state index contributed by atoms with van der Waals surface area (Å²) in [7, 11) is 1.55. The molecular weight excluding hydrogens is 242 g/mol. The molecule has 0 saturated heterocycles. The Kier molecular flexibility index (Phi) is 3.53. The highest BCUT2D eigenvalue weighted by atomic mass is 16.5. The van der Waals surface area contributed by atoms with Gasteiger partial charge in [-0.2, -0.15) is 0 Å². The Morgan fingerprint density at radius 2 is 2.00 bits per heavy atom. The highest BCUT2D eigenvalue weighted by Crippen LogP contribution is 2.27. The molecular formula is C15H17NO3. The molecule has 4 nitrogen and oxygen atoms in total. The summed E-state index contributed by atoms with van der Waals surface area (Å²) in [5.41, 5.74) is 4.42. The lowest BCUT2D eigenvalue weighted by Crippen LogP contribution is -2.09. The number of aryl methyl sites for hydroxylation is 3. The van der Waals surface area contributed by atoms with Gasteiger partial charge in [0.05, 0.1) is 17.7 Å². The minimum atomic E-state index is -0.937. The number of methoxy groups -OCH3 is 1. The number of fused-ring (bicyclic) bond motifs is 1. The minimum Gasteiger partial charge on any atom is -0.478 e. The number of pyridine rings is 1. The van der Waals surface area contributed by atoms with Crippen LogP contribution in [0.1, 0.15) is 32.7 Å². The van der Waals surface area contributed by atoms with Crippen LogP contribution in [0.15, 0.2) is 12.1 Å². The number of carboxylic acids is 1. The first kappa shape index (κ1) is 13.5. The molecule has 0 aliphatic heterocycles. The standard InChI is InChI=1S/C15H17NO3/c1-8-5-9(2)14-11(6-8)13(15(17)18)12(7-19-4)10(3)16-14/h5-6H,7H2,1-4H3,(H,17,18). The molecule has 0 bridgehead atoms. The zero-order valence-corrected chi connectivity index (χ0v) is 11.6. The number of ether oxygens (including phenoxy) is 1. The molecule has 0 amide bonds. The Hall–Kier alpha value is -1.94. The van der Waals surface area contributed by atoms with Crippen molar-refractivity contribution in [3.63, 3.8) is 0 Å². The molecule has 0 atom stereocenters. The summed E-state index contributed by atoms with van der Waals surface area (Å²) < 4.78 is 5.11. The van der Waals surface area contributed by atoms with Crippen molar-refractivity contribution in [1.82, 2.24) is 4.98 Å². The summed E-state index contributed by atoms with van der Waals surface area (Å²) in [6.07, 6.45) is 0. The molecule has 2 aromatic rings. The second kappa shape index (κ2) is 4.97. The first-order valence-electron chi connectivity index (χ1n) is 6.08. The van der Waals surface area contributed by atoms with Gasteiger partial charge in [0.2, 0.25) is 0 Å². The number of carbonyl (C=O) groups is 1. The lowest BCUT2D eigenvalue weighted by Gasteiger charge is -2.14. The van der Waals surface area contributed by atoms with E-state index in [0.29, 0.717) is 22.2 Å². The summed E-state index contributed by atoms with van der Waals surface area (Å²) in [4.78, 5) is 16.1. The van der Waals surface area contributed by atoms with Crippen molar-refractivity contribution in [2.45, 2.75) is 27.4 Å². The number of rotatable bonds is 3. The number of nitrogens with zero attached hydrogens (tertiary/aromatic N) is 1. The Morgan fingerprint density at radius 1 is 1.32 bits per heavy atom. The molecule has 2 rings (SSSR count). The van der Waals surface area contributed by atoms with Crippen LogP contribution < -0.4 is 0 Å². The largest absolute Gasteiger partial charge is 0.478 e. The van der Waals surface area contributed by atoms with Gasteiger partial charge in [-0.3, -0.25) is 4.98 Å². The average Bonchev–Trinajstić information content (AvgIpc) is 2.31. The fourth-order valence-electron chi connectivity index (χ4n) is 2.44. The number of aromatic nitrogens is 1. The molecule has 100 valence electrons. The second-order valence-electron chi connectivity index (χ2n) is 4.77. The summed E-state index contributed by atoms with van der Waals surface area (Å²) >= 11 is 0. The van der Waals surface area contributed by atoms with E-state index in [2.05, 4.69) is 4.98 Å². The average molecular weight is 259 g/mol. The van der Waals surface area contributed by atoms with Crippen LogP contribution in [0.4, 0.5) is 0 Å². The quantitative estimate of drug-likeness (QED) is 0.920. The van der Waals surface area contributed by atoms with Crippen molar-refractivity contribution >= 4 is 16.9 Å². The van der Waals surface area contributed by atoms with E-state index in [-0.39, 0.29) is 6.61 Å². The second-order valence-corrected chi connectivity index (χ2v) is 4.77. The van der Waals surface area contributed by atoms with Gasteiger partial charge in [0.15, 0.2) is 0 Å². The lowest BCUT2D eigenvalue weighted by molar-refractivity contribution is 0.0694. The molecule has 0 fully saturated rings. The van der Waals surface area contributed by atoms with Crippen LogP contribution in [0.25, 0.3) is 10.9 Å². The normalized spacial score (nSPS) is 10.9. The monoisotopic (exact) mass is 259 g/mol. The maximum atomic E-state index is 11.6. The van der Waals surface area contributed by atoms with Crippen LogP contribution in [0.5, 0.6) is 0 Å². The smallest absolute Gasteiger partial charge is 0.336 e. The number of carboxylic acid groups (broad SMARTS) is 1. The number of hydrogen-bond acceptors (Lipinski definition) is 3. The molecule has 1 heterocycles. The molecule has 0 unspecified atom stereocenters. The fourth-order valence-corrected chi connectivity index (χ4v) is 2.44. The third kappa shape index (κ3) is 2.31. The van der Waals surface area contributed by atoms with E-state index in [0.717, 1.165) is 16.6 Å². The van der Waals surface area contributed by atoms with E-state index in [9.17, 15) is 9.90 Å². The van der Waals surface area contributed by atoms with Crippen molar-refractivity contribution in [2.24, 2.45) is 0 Å². The Morgan fingerprint density at radius 3 is 2.58 bits per heavy atom. The zero-order chi connectivity index (χ0) is 14.2. The van der Waals surface area contributed by atoms with Crippen molar-refractivity contribution < 1.29 is 14.6 Å². The first-order valence-corrected chi connectivity index (χ1v) is 6.08. The summed E-state index contributed by atoms with van der Waals surface area (Å²) in [5, 5.41) is 10.2. The lowest BCUT2D eigenvalue weighted by atomic mass is 9.97. The van der Waals surface area contributed by atoms with Gasteiger partial charge in [0.1, 0.15) is 0 Å². The van der Waals surface area contributed by atoms with Crippen LogP contribution in [-0.2, 0) is 11.3 Å². The van der Waals surface area contributed by atoms with E-state index < -0.39 is 5.97 Å². The van der Waals surface area contributed by atoms with Gasteiger partial charge in [-0.15, -0.1) is 0 Å². The molecule has 0 spiro atoms. The van der Waals surface area contributed by atoms with Gasteiger partial charge < -0.3 is 9.84 Å². The van der Waals surface area contributed by atoms with Gasteiger partial charge in [-0.05, 0) is 32.4 Å². The number of hydrogen-bond donors (Lipinski definition) is 1. The van der Waals surface area contributed by atoms with E-state index in [1.165, 1.54) is 0 Å². The number of benzene rings is 1. The van der Waals surface area contributed by atoms with Crippen LogP contribution in [0.3, 0.4) is 0 Å². The van der Waals surface area contributed by atoms with E-state index >= 15 is 0 Å². The van der Waals surface area contributed by atoms with Crippen molar-refractivity contribution in [3.8, 4) is 0 Å². The molecule has 0 radical (unpaired) electrons. The summed E-state index contributed by atoms with van der Waals surface area (Å²) in [6.45, 7) is 5.97. The molecule has 4 heteroatoms. The van der Waals surface area contributed by atoms with Crippen molar-refractivity contribution in [3.05, 3.63) is 40.1 Å². The molecule has 1 aromatic heterocycles. The minimum absolute atomic E-state index is 0.253. The molecule has 0 aliphatic carbocycles. The molecule has 19 heavy (non-hydrogen) atoms. The van der Waals surface area contributed by atoms with Crippen molar-refractivity contribution in [2.75, 3.05) is 7.11 Å². The van der Waals surface area contributed by atoms with Gasteiger partial charge >= 0.3 is 5.97 Å². The molecule has 0 aliphatic rings. The molecule has 1 N–H and O–H groups in total.